The highest BCUT2D eigenvalue weighted by molar-refractivity contribution is 7.90. The second kappa shape index (κ2) is 6.72. The molecule has 7 heteroatoms. The Labute approximate surface area is 140 Å². The lowest BCUT2D eigenvalue weighted by molar-refractivity contribution is -0.116. The number of amidine groups is 1. The number of carbonyl (C=O) groups excluding carboxylic acids is 1. The van der Waals surface area contributed by atoms with Gasteiger partial charge >= 0.3 is 0 Å². The standard InChI is InChI=1S/C17H15N3O3S/c21-17(18-10-4-8-14-6-2-1-3-7-14)15-9-5-11-20-12-13-24(22,23)19-16(15)20/h1-3,5-7,9,11H,10,12-13H2,(H,18,21). The van der Waals surface area contributed by atoms with Gasteiger partial charge in [0.05, 0.1) is 17.9 Å². The second-order valence-corrected chi connectivity index (χ2v) is 6.92. The number of allylic oxidation sites excluding steroid dienone is 2. The van der Waals surface area contributed by atoms with Crippen molar-refractivity contribution in [1.82, 2.24) is 10.2 Å². The van der Waals surface area contributed by atoms with E-state index in [1.807, 2.05) is 30.3 Å². The van der Waals surface area contributed by atoms with Gasteiger partial charge in [0, 0.05) is 18.3 Å². The van der Waals surface area contributed by atoms with E-state index >= 15 is 0 Å². The van der Waals surface area contributed by atoms with E-state index in [-0.39, 0.29) is 30.3 Å². The minimum atomic E-state index is -3.52. The monoisotopic (exact) mass is 341 g/mol. The SMILES string of the molecule is O=C(NCC#Cc1ccccc1)C1=CC=CN2CCS(=O)(=O)N=C12. The van der Waals surface area contributed by atoms with Gasteiger partial charge in [0.15, 0.2) is 5.84 Å². The van der Waals surface area contributed by atoms with Crippen molar-refractivity contribution in [2.45, 2.75) is 0 Å². The van der Waals surface area contributed by atoms with Gasteiger partial charge in [0.1, 0.15) is 0 Å². The van der Waals surface area contributed by atoms with Gasteiger partial charge < -0.3 is 10.2 Å². The number of amides is 1. The molecule has 0 spiro atoms. The molecule has 2 aliphatic rings. The number of carbonyl (C=O) groups is 1. The molecule has 2 aliphatic heterocycles. The predicted molar refractivity (Wildman–Crippen MR) is 91.5 cm³/mol. The Morgan fingerprint density at radius 1 is 1.29 bits per heavy atom. The van der Waals surface area contributed by atoms with Gasteiger partial charge in [-0.05, 0) is 24.3 Å². The minimum Gasteiger partial charge on any atom is -0.341 e. The molecule has 6 nitrogen and oxygen atoms in total. The highest BCUT2D eigenvalue weighted by Gasteiger charge is 2.29. The third-order valence-electron chi connectivity index (χ3n) is 3.45. The number of benzene rings is 1. The molecule has 122 valence electrons. The van der Waals surface area contributed by atoms with Crippen LogP contribution in [0.5, 0.6) is 0 Å². The molecule has 1 amide bonds. The first-order valence-electron chi connectivity index (χ1n) is 7.35. The smallest absolute Gasteiger partial charge is 0.256 e. The van der Waals surface area contributed by atoms with Crippen LogP contribution in [0.4, 0.5) is 0 Å². The molecule has 0 radical (unpaired) electrons. The maximum Gasteiger partial charge on any atom is 0.256 e. The topological polar surface area (TPSA) is 78.8 Å². The van der Waals surface area contributed by atoms with E-state index in [0.717, 1.165) is 5.56 Å². The van der Waals surface area contributed by atoms with E-state index in [9.17, 15) is 13.2 Å². The second-order valence-electron chi connectivity index (χ2n) is 5.17. The zero-order chi connectivity index (χ0) is 17.0. The third-order valence-corrected chi connectivity index (χ3v) is 4.60. The molecule has 0 unspecified atom stereocenters. The molecule has 0 atom stereocenters. The lowest BCUT2D eigenvalue weighted by Gasteiger charge is -2.28. The quantitative estimate of drug-likeness (QED) is 0.801. The average Bonchev–Trinajstić information content (AvgIpc) is 2.58. The number of rotatable bonds is 2. The molecule has 0 bridgehead atoms. The van der Waals surface area contributed by atoms with E-state index in [1.54, 1.807) is 23.3 Å². The average molecular weight is 341 g/mol. The summed E-state index contributed by atoms with van der Waals surface area (Å²) in [7, 11) is -3.52. The number of nitrogens with zero attached hydrogens (tertiary/aromatic N) is 2. The molecule has 0 aliphatic carbocycles. The molecule has 0 saturated carbocycles. The van der Waals surface area contributed by atoms with Crippen LogP contribution in [0.1, 0.15) is 5.56 Å². The van der Waals surface area contributed by atoms with Gasteiger partial charge in [-0.1, -0.05) is 30.0 Å². The van der Waals surface area contributed by atoms with Crippen LogP contribution >= 0.6 is 0 Å². The van der Waals surface area contributed by atoms with Crippen molar-refractivity contribution in [3.05, 3.63) is 59.8 Å². The highest BCUT2D eigenvalue weighted by Crippen LogP contribution is 2.17. The molecule has 3 rings (SSSR count). The molecular weight excluding hydrogens is 326 g/mol. The van der Waals surface area contributed by atoms with E-state index in [2.05, 4.69) is 21.6 Å². The first-order chi connectivity index (χ1) is 11.6. The fourth-order valence-electron chi connectivity index (χ4n) is 2.28. The van der Waals surface area contributed by atoms with Gasteiger partial charge in [0.2, 0.25) is 0 Å². The summed E-state index contributed by atoms with van der Waals surface area (Å²) in [6.45, 7) is 0.449. The Balaban J connectivity index is 1.69. The van der Waals surface area contributed by atoms with Gasteiger partial charge in [0.25, 0.3) is 15.9 Å². The van der Waals surface area contributed by atoms with Crippen molar-refractivity contribution in [2.75, 3.05) is 18.8 Å². The molecule has 1 aromatic carbocycles. The molecular formula is C17H15N3O3S. The normalized spacial score (nSPS) is 17.8. The lowest BCUT2D eigenvalue weighted by atomic mass is 10.1. The summed E-state index contributed by atoms with van der Waals surface area (Å²) >= 11 is 0. The van der Waals surface area contributed by atoms with Crippen LogP contribution < -0.4 is 5.32 Å². The maximum absolute atomic E-state index is 12.3. The van der Waals surface area contributed by atoms with Crippen molar-refractivity contribution >= 4 is 21.8 Å². The fraction of sp³-hybridized carbons (Fsp3) is 0.176. The molecule has 1 aromatic rings. The Kier molecular flexibility index (Phi) is 4.49. The molecule has 1 N–H and O–H groups in total. The zero-order valence-corrected chi connectivity index (χ0v) is 13.6. The molecule has 2 heterocycles. The first kappa shape index (κ1) is 16.0. The van der Waals surface area contributed by atoms with E-state index < -0.39 is 15.9 Å². The van der Waals surface area contributed by atoms with Gasteiger partial charge in [-0.3, -0.25) is 4.79 Å². The largest absolute Gasteiger partial charge is 0.341 e. The van der Waals surface area contributed by atoms with Crippen LogP contribution in [0.25, 0.3) is 0 Å². The van der Waals surface area contributed by atoms with Crippen molar-refractivity contribution in [3.8, 4) is 11.8 Å². The molecule has 24 heavy (non-hydrogen) atoms. The van der Waals surface area contributed by atoms with E-state index in [4.69, 9.17) is 0 Å². The zero-order valence-electron chi connectivity index (χ0n) is 12.8. The first-order valence-corrected chi connectivity index (χ1v) is 8.96. The van der Waals surface area contributed by atoms with Crippen LogP contribution in [0.2, 0.25) is 0 Å². The number of hydrogen-bond donors (Lipinski definition) is 1. The van der Waals surface area contributed by atoms with Crippen molar-refractivity contribution in [2.24, 2.45) is 4.40 Å². The van der Waals surface area contributed by atoms with Crippen LogP contribution in [0.15, 0.2) is 58.7 Å². The summed E-state index contributed by atoms with van der Waals surface area (Å²) in [4.78, 5) is 14.0. The third kappa shape index (κ3) is 3.73. The Hall–Kier alpha value is -2.85. The minimum absolute atomic E-state index is 0.0573. The van der Waals surface area contributed by atoms with E-state index in [0.29, 0.717) is 0 Å². The number of nitrogens with one attached hydrogen (secondary N) is 1. The van der Waals surface area contributed by atoms with Crippen LogP contribution in [-0.2, 0) is 14.8 Å². The molecule has 0 saturated heterocycles. The number of sulfonamides is 1. The number of fused-ring (bicyclic) bond motifs is 1. The van der Waals surface area contributed by atoms with Gasteiger partial charge in [-0.25, -0.2) is 8.42 Å². The predicted octanol–water partition coefficient (Wildman–Crippen LogP) is 0.652. The van der Waals surface area contributed by atoms with Crippen LogP contribution in [-0.4, -0.2) is 43.9 Å². The molecule has 0 aromatic heterocycles. The van der Waals surface area contributed by atoms with Gasteiger partial charge in [-0.2, -0.15) is 0 Å². The Morgan fingerprint density at radius 2 is 2.08 bits per heavy atom. The number of hydrogen-bond acceptors (Lipinski definition) is 4. The fourth-order valence-corrected chi connectivity index (χ4v) is 3.27. The maximum atomic E-state index is 12.3. The summed E-state index contributed by atoms with van der Waals surface area (Å²) in [6, 6.07) is 9.43. The van der Waals surface area contributed by atoms with Crippen LogP contribution in [0.3, 0.4) is 0 Å². The summed E-state index contributed by atoms with van der Waals surface area (Å²) in [5.74, 6) is 5.51. The van der Waals surface area contributed by atoms with E-state index in [1.165, 1.54) is 0 Å². The molecule has 0 fully saturated rings. The van der Waals surface area contributed by atoms with Crippen molar-refractivity contribution in [1.29, 1.82) is 0 Å². The lowest BCUT2D eigenvalue weighted by Crippen LogP contribution is -2.42. The van der Waals surface area contributed by atoms with Gasteiger partial charge in [-0.15, -0.1) is 4.40 Å². The Morgan fingerprint density at radius 3 is 2.88 bits per heavy atom. The van der Waals surface area contributed by atoms with Crippen molar-refractivity contribution in [3.63, 3.8) is 0 Å². The summed E-state index contributed by atoms with van der Waals surface area (Å²) in [5.41, 5.74) is 1.09. The summed E-state index contributed by atoms with van der Waals surface area (Å²) in [6.07, 6.45) is 4.96. The van der Waals surface area contributed by atoms with Crippen LogP contribution in [0, 0.1) is 11.8 Å². The summed E-state index contributed by atoms with van der Waals surface area (Å²) < 4.78 is 27.1. The Bertz CT molecular complexity index is 903. The highest BCUT2D eigenvalue weighted by atomic mass is 32.2. The summed E-state index contributed by atoms with van der Waals surface area (Å²) in [5, 5.41) is 2.67. The van der Waals surface area contributed by atoms with Crippen molar-refractivity contribution < 1.29 is 13.2 Å².